The molecule has 3 rings (SSSR count). The highest BCUT2D eigenvalue weighted by molar-refractivity contribution is 6.32. The summed E-state index contributed by atoms with van der Waals surface area (Å²) in [6.07, 6.45) is 2.71. The highest BCUT2D eigenvalue weighted by atomic mass is 35.5. The van der Waals surface area contributed by atoms with E-state index in [0.717, 1.165) is 5.69 Å². The number of hydrogen-bond acceptors (Lipinski definition) is 4. The largest absolute Gasteiger partial charge is 0.483 e. The first kappa shape index (κ1) is 12.8. The molecule has 0 radical (unpaired) electrons. The van der Waals surface area contributed by atoms with Crippen molar-refractivity contribution in [1.82, 2.24) is 19.6 Å². The van der Waals surface area contributed by atoms with Gasteiger partial charge < -0.3 is 4.74 Å². The first-order valence-corrected chi connectivity index (χ1v) is 6.29. The Morgan fingerprint density at radius 1 is 1.30 bits per heavy atom. The molecule has 0 amide bonds. The van der Waals surface area contributed by atoms with Crippen molar-refractivity contribution in [3.05, 3.63) is 53.3 Å². The molecule has 1 aromatic carbocycles. The van der Waals surface area contributed by atoms with Gasteiger partial charge in [-0.3, -0.25) is 0 Å². The van der Waals surface area contributed by atoms with Gasteiger partial charge in [0, 0.05) is 6.20 Å². The van der Waals surface area contributed by atoms with Crippen LogP contribution in [0, 0.1) is 5.82 Å². The molecule has 102 valence electrons. The molecular formula is C13H10ClFN4O. The fourth-order valence-corrected chi connectivity index (χ4v) is 2.10. The summed E-state index contributed by atoms with van der Waals surface area (Å²) in [6, 6.07) is 5.78. The van der Waals surface area contributed by atoms with Crippen molar-refractivity contribution in [3.8, 4) is 5.75 Å². The maximum atomic E-state index is 13.0. The lowest BCUT2D eigenvalue weighted by molar-refractivity contribution is 0.218. The smallest absolute Gasteiger partial charge is 0.252 e. The van der Waals surface area contributed by atoms with Gasteiger partial charge in [-0.05, 0) is 31.2 Å². The summed E-state index contributed by atoms with van der Waals surface area (Å²) in [5.74, 6) is 0.492. The van der Waals surface area contributed by atoms with Gasteiger partial charge in [0.25, 0.3) is 5.78 Å². The molecule has 0 bridgehead atoms. The van der Waals surface area contributed by atoms with Gasteiger partial charge in [-0.15, -0.1) is 0 Å². The molecule has 20 heavy (non-hydrogen) atoms. The fourth-order valence-electron chi connectivity index (χ4n) is 1.89. The molecule has 0 fully saturated rings. The molecule has 0 aliphatic rings. The highest BCUT2D eigenvalue weighted by Gasteiger charge is 2.14. The van der Waals surface area contributed by atoms with E-state index in [1.807, 2.05) is 6.92 Å². The number of benzene rings is 1. The Bertz CT molecular complexity index is 761. The van der Waals surface area contributed by atoms with Crippen molar-refractivity contribution in [3.63, 3.8) is 0 Å². The maximum absolute atomic E-state index is 13.0. The van der Waals surface area contributed by atoms with Crippen molar-refractivity contribution >= 4 is 17.4 Å². The van der Waals surface area contributed by atoms with Crippen LogP contribution in [0.5, 0.6) is 5.75 Å². The molecular weight excluding hydrogens is 283 g/mol. The van der Waals surface area contributed by atoms with E-state index in [9.17, 15) is 4.39 Å². The lowest BCUT2D eigenvalue weighted by Gasteiger charge is -2.16. The first-order valence-electron chi connectivity index (χ1n) is 5.91. The van der Waals surface area contributed by atoms with E-state index in [-0.39, 0.29) is 11.1 Å². The van der Waals surface area contributed by atoms with Crippen molar-refractivity contribution in [2.75, 3.05) is 0 Å². The predicted molar refractivity (Wildman–Crippen MR) is 71.2 cm³/mol. The SMILES string of the molecule is CC(Oc1ccc(F)cc1Cl)c1ccnc2ncnn12. The van der Waals surface area contributed by atoms with E-state index in [2.05, 4.69) is 15.1 Å². The van der Waals surface area contributed by atoms with Crippen molar-refractivity contribution in [1.29, 1.82) is 0 Å². The molecule has 0 aliphatic heterocycles. The topological polar surface area (TPSA) is 52.3 Å². The molecule has 0 saturated heterocycles. The number of fused-ring (bicyclic) bond motifs is 1. The van der Waals surface area contributed by atoms with Crippen LogP contribution >= 0.6 is 11.6 Å². The van der Waals surface area contributed by atoms with E-state index in [0.29, 0.717) is 11.5 Å². The van der Waals surface area contributed by atoms with Crippen LogP contribution in [0.25, 0.3) is 5.78 Å². The third kappa shape index (κ3) is 2.30. The average Bonchev–Trinajstić information content (AvgIpc) is 2.90. The number of rotatable bonds is 3. The van der Waals surface area contributed by atoms with E-state index in [1.165, 1.54) is 24.5 Å². The summed E-state index contributed by atoms with van der Waals surface area (Å²) in [5.41, 5.74) is 0.771. The molecule has 3 aromatic rings. The molecule has 0 saturated carbocycles. The quantitative estimate of drug-likeness (QED) is 0.744. The Hall–Kier alpha value is -2.21. The summed E-state index contributed by atoms with van der Waals surface area (Å²) in [5, 5.41) is 4.31. The summed E-state index contributed by atoms with van der Waals surface area (Å²) in [6.45, 7) is 1.84. The van der Waals surface area contributed by atoms with Crippen LogP contribution in [0.3, 0.4) is 0 Å². The van der Waals surface area contributed by atoms with Crippen LogP contribution in [-0.4, -0.2) is 19.6 Å². The standard InChI is InChI=1S/C13H10ClFN4O/c1-8(20-12-3-2-9(15)6-10(12)14)11-4-5-16-13-17-7-18-19(11)13/h2-8H,1H3. The van der Waals surface area contributed by atoms with Crippen LogP contribution < -0.4 is 4.74 Å². The third-order valence-electron chi connectivity index (χ3n) is 2.82. The number of aromatic nitrogens is 4. The van der Waals surface area contributed by atoms with Crippen molar-refractivity contribution in [2.45, 2.75) is 13.0 Å². The van der Waals surface area contributed by atoms with Crippen molar-refractivity contribution in [2.24, 2.45) is 0 Å². The molecule has 7 heteroatoms. The predicted octanol–water partition coefficient (Wildman–Crippen LogP) is 3.06. The Balaban J connectivity index is 1.93. The lowest BCUT2D eigenvalue weighted by Crippen LogP contribution is -2.10. The minimum absolute atomic E-state index is 0.223. The van der Waals surface area contributed by atoms with Gasteiger partial charge in [0.15, 0.2) is 0 Å². The van der Waals surface area contributed by atoms with E-state index in [4.69, 9.17) is 16.3 Å². The fraction of sp³-hybridized carbons (Fsp3) is 0.154. The van der Waals surface area contributed by atoms with Crippen LogP contribution in [0.1, 0.15) is 18.7 Å². The highest BCUT2D eigenvalue weighted by Crippen LogP contribution is 2.29. The molecule has 1 unspecified atom stereocenters. The third-order valence-corrected chi connectivity index (χ3v) is 3.12. The Morgan fingerprint density at radius 2 is 2.15 bits per heavy atom. The van der Waals surface area contributed by atoms with Gasteiger partial charge in [-0.1, -0.05) is 11.6 Å². The Morgan fingerprint density at radius 3 is 2.95 bits per heavy atom. The molecule has 2 heterocycles. The van der Waals surface area contributed by atoms with Crippen LogP contribution in [0.2, 0.25) is 5.02 Å². The molecule has 2 aromatic heterocycles. The van der Waals surface area contributed by atoms with Crippen molar-refractivity contribution < 1.29 is 9.13 Å². The van der Waals surface area contributed by atoms with E-state index < -0.39 is 5.82 Å². The zero-order valence-corrected chi connectivity index (χ0v) is 11.3. The zero-order valence-electron chi connectivity index (χ0n) is 10.5. The molecule has 0 aliphatic carbocycles. The lowest BCUT2D eigenvalue weighted by atomic mass is 10.2. The number of hydrogen-bond donors (Lipinski definition) is 0. The number of ether oxygens (including phenoxy) is 1. The van der Waals surface area contributed by atoms with Gasteiger partial charge in [-0.25, -0.2) is 9.37 Å². The molecule has 0 spiro atoms. The second-order valence-corrected chi connectivity index (χ2v) is 4.58. The maximum Gasteiger partial charge on any atom is 0.252 e. The monoisotopic (exact) mass is 292 g/mol. The van der Waals surface area contributed by atoms with Gasteiger partial charge in [0.1, 0.15) is 24.0 Å². The van der Waals surface area contributed by atoms with Gasteiger partial charge in [0.05, 0.1) is 10.7 Å². The normalized spacial score (nSPS) is 12.6. The second kappa shape index (κ2) is 5.05. The molecule has 5 nitrogen and oxygen atoms in total. The first-order chi connectivity index (χ1) is 9.65. The molecule has 1 atom stereocenters. The van der Waals surface area contributed by atoms with Crippen LogP contribution in [0.4, 0.5) is 4.39 Å². The minimum Gasteiger partial charge on any atom is -0.483 e. The Labute approximate surface area is 119 Å². The Kier molecular flexibility index (Phi) is 3.23. The van der Waals surface area contributed by atoms with Crippen LogP contribution in [0.15, 0.2) is 36.8 Å². The summed E-state index contributed by atoms with van der Waals surface area (Å²) in [7, 11) is 0. The average molecular weight is 293 g/mol. The van der Waals surface area contributed by atoms with E-state index >= 15 is 0 Å². The number of halogens is 2. The van der Waals surface area contributed by atoms with Gasteiger partial charge in [0.2, 0.25) is 0 Å². The van der Waals surface area contributed by atoms with E-state index in [1.54, 1.807) is 16.8 Å². The summed E-state index contributed by atoms with van der Waals surface area (Å²) >= 11 is 5.95. The summed E-state index contributed by atoms with van der Waals surface area (Å²) in [4.78, 5) is 8.09. The minimum atomic E-state index is -0.405. The van der Waals surface area contributed by atoms with Gasteiger partial charge >= 0.3 is 0 Å². The van der Waals surface area contributed by atoms with Gasteiger partial charge in [-0.2, -0.15) is 14.6 Å². The zero-order chi connectivity index (χ0) is 14.1. The second-order valence-electron chi connectivity index (χ2n) is 4.18. The molecule has 0 N–H and O–H groups in total. The van der Waals surface area contributed by atoms with Crippen LogP contribution in [-0.2, 0) is 0 Å². The summed E-state index contributed by atoms with van der Waals surface area (Å²) < 4.78 is 20.3. The number of nitrogens with zero attached hydrogens (tertiary/aromatic N) is 4.